The van der Waals surface area contributed by atoms with Gasteiger partial charge in [-0.1, -0.05) is 0 Å². The molecule has 0 bridgehead atoms. The van der Waals surface area contributed by atoms with Crippen LogP contribution in [0.15, 0.2) is 6.20 Å². The number of nitrogens with zero attached hydrogens (tertiary/aromatic N) is 1. The number of hydrogen-bond donors (Lipinski definition) is 2. The van der Waals surface area contributed by atoms with Gasteiger partial charge in [0.15, 0.2) is 0 Å². The van der Waals surface area contributed by atoms with Crippen molar-refractivity contribution in [2.45, 2.75) is 31.5 Å². The summed E-state index contributed by atoms with van der Waals surface area (Å²) in [6.07, 6.45) is -1.68. The number of nitrogens with two attached hydrogens (primary N) is 1. The molecule has 1 saturated carbocycles. The van der Waals surface area contributed by atoms with Crippen LogP contribution in [0.5, 0.6) is 0 Å². The van der Waals surface area contributed by atoms with Gasteiger partial charge < -0.3 is 10.7 Å². The number of halogens is 3. The Hall–Kier alpha value is -1.04. The highest BCUT2D eigenvalue weighted by atomic mass is 19.4. The van der Waals surface area contributed by atoms with Crippen molar-refractivity contribution in [3.05, 3.63) is 17.7 Å². The first-order valence-electron chi connectivity index (χ1n) is 4.73. The van der Waals surface area contributed by atoms with E-state index >= 15 is 0 Å². The molecule has 0 amide bonds. The van der Waals surface area contributed by atoms with Crippen LogP contribution < -0.4 is 5.73 Å². The third kappa shape index (κ3) is 1.86. The lowest BCUT2D eigenvalue weighted by molar-refractivity contribution is -0.141. The standard InChI is InChI=1S/C9H12F3N3/c1-8(13,5-2-3-5)7-14-4-6(15-7)9(10,11)12/h4-5H,2-3,13H2,1H3,(H,14,15). The van der Waals surface area contributed by atoms with Gasteiger partial charge in [0.1, 0.15) is 11.5 Å². The molecule has 1 aliphatic rings. The number of hydrogen-bond acceptors (Lipinski definition) is 2. The van der Waals surface area contributed by atoms with Crippen LogP contribution in [0, 0.1) is 5.92 Å². The molecule has 3 N–H and O–H groups in total. The number of alkyl halides is 3. The molecule has 15 heavy (non-hydrogen) atoms. The minimum Gasteiger partial charge on any atom is -0.337 e. The van der Waals surface area contributed by atoms with Gasteiger partial charge in [0.2, 0.25) is 0 Å². The summed E-state index contributed by atoms with van der Waals surface area (Å²) in [6, 6.07) is 0. The molecule has 3 nitrogen and oxygen atoms in total. The lowest BCUT2D eigenvalue weighted by atomic mass is 9.97. The summed E-state index contributed by atoms with van der Waals surface area (Å²) in [7, 11) is 0. The zero-order valence-corrected chi connectivity index (χ0v) is 8.23. The van der Waals surface area contributed by atoms with E-state index < -0.39 is 17.4 Å². The van der Waals surface area contributed by atoms with Crippen molar-refractivity contribution in [2.24, 2.45) is 11.7 Å². The topological polar surface area (TPSA) is 54.7 Å². The molecule has 1 atom stereocenters. The van der Waals surface area contributed by atoms with Gasteiger partial charge in [-0.25, -0.2) is 4.98 Å². The fourth-order valence-electron chi connectivity index (χ4n) is 1.62. The summed E-state index contributed by atoms with van der Waals surface area (Å²) in [5.41, 5.74) is 4.33. The molecule has 0 aliphatic heterocycles. The van der Waals surface area contributed by atoms with Gasteiger partial charge in [-0.15, -0.1) is 0 Å². The second-order valence-corrected chi connectivity index (χ2v) is 4.20. The van der Waals surface area contributed by atoms with E-state index in [2.05, 4.69) is 9.97 Å². The molecule has 84 valence electrons. The Labute approximate surface area is 84.9 Å². The maximum Gasteiger partial charge on any atom is 0.432 e. The highest BCUT2D eigenvalue weighted by Gasteiger charge is 2.43. The maximum absolute atomic E-state index is 12.3. The Morgan fingerprint density at radius 2 is 2.07 bits per heavy atom. The first-order valence-corrected chi connectivity index (χ1v) is 4.73. The van der Waals surface area contributed by atoms with Crippen molar-refractivity contribution in [3.8, 4) is 0 Å². The molecule has 1 aromatic rings. The molecule has 1 heterocycles. The summed E-state index contributed by atoms with van der Waals surface area (Å²) < 4.78 is 36.9. The number of imidazole rings is 1. The molecular formula is C9H12F3N3. The van der Waals surface area contributed by atoms with Gasteiger partial charge in [-0.2, -0.15) is 13.2 Å². The molecule has 0 spiro atoms. The second-order valence-electron chi connectivity index (χ2n) is 4.20. The Bertz CT molecular complexity index is 363. The average molecular weight is 219 g/mol. The van der Waals surface area contributed by atoms with Gasteiger partial charge in [-0.05, 0) is 25.7 Å². The number of aromatic nitrogens is 2. The molecule has 1 aromatic heterocycles. The molecule has 1 aliphatic carbocycles. The van der Waals surface area contributed by atoms with E-state index in [1.54, 1.807) is 6.92 Å². The normalized spacial score (nSPS) is 21.4. The highest BCUT2D eigenvalue weighted by Crippen LogP contribution is 2.43. The van der Waals surface area contributed by atoms with Crippen LogP contribution in [0.1, 0.15) is 31.3 Å². The quantitative estimate of drug-likeness (QED) is 0.799. The highest BCUT2D eigenvalue weighted by molar-refractivity contribution is 5.15. The minimum absolute atomic E-state index is 0.220. The van der Waals surface area contributed by atoms with Gasteiger partial charge in [0, 0.05) is 0 Å². The Balaban J connectivity index is 2.27. The summed E-state index contributed by atoms with van der Waals surface area (Å²) in [5.74, 6) is 0.460. The number of H-pyrrole nitrogens is 1. The van der Waals surface area contributed by atoms with Crippen LogP contribution in [-0.2, 0) is 11.7 Å². The van der Waals surface area contributed by atoms with Gasteiger partial charge >= 0.3 is 6.18 Å². The fraction of sp³-hybridized carbons (Fsp3) is 0.667. The molecule has 1 unspecified atom stereocenters. The van der Waals surface area contributed by atoms with Crippen molar-refractivity contribution < 1.29 is 13.2 Å². The summed E-state index contributed by atoms with van der Waals surface area (Å²) >= 11 is 0. The average Bonchev–Trinajstić information content (AvgIpc) is 2.80. The first-order chi connectivity index (χ1) is 6.82. The number of aromatic amines is 1. The summed E-state index contributed by atoms with van der Waals surface area (Å²) in [4.78, 5) is 5.97. The minimum atomic E-state index is -4.38. The van der Waals surface area contributed by atoms with Gasteiger partial charge in [0.25, 0.3) is 0 Å². The second kappa shape index (κ2) is 2.98. The molecular weight excluding hydrogens is 207 g/mol. The van der Waals surface area contributed by atoms with E-state index in [9.17, 15) is 13.2 Å². The lowest BCUT2D eigenvalue weighted by Gasteiger charge is -2.21. The van der Waals surface area contributed by atoms with E-state index in [1.165, 1.54) is 0 Å². The Morgan fingerprint density at radius 1 is 1.47 bits per heavy atom. The molecule has 6 heteroatoms. The summed E-state index contributed by atoms with van der Waals surface area (Å²) in [6.45, 7) is 1.71. The van der Waals surface area contributed by atoms with E-state index in [1.807, 2.05) is 0 Å². The van der Waals surface area contributed by atoms with E-state index in [0.29, 0.717) is 0 Å². The third-order valence-corrected chi connectivity index (χ3v) is 2.82. The zero-order valence-electron chi connectivity index (χ0n) is 8.23. The largest absolute Gasteiger partial charge is 0.432 e. The number of nitrogens with one attached hydrogen (secondary N) is 1. The van der Waals surface area contributed by atoms with Crippen molar-refractivity contribution in [2.75, 3.05) is 0 Å². The van der Waals surface area contributed by atoms with Gasteiger partial charge in [-0.3, -0.25) is 0 Å². The smallest absolute Gasteiger partial charge is 0.337 e. The lowest BCUT2D eigenvalue weighted by Crippen LogP contribution is -2.36. The van der Waals surface area contributed by atoms with Crippen LogP contribution in [0.2, 0.25) is 0 Å². The number of rotatable bonds is 2. The molecule has 0 aromatic carbocycles. The van der Waals surface area contributed by atoms with Crippen molar-refractivity contribution >= 4 is 0 Å². The van der Waals surface area contributed by atoms with E-state index in [-0.39, 0.29) is 11.7 Å². The Kier molecular flexibility index (Phi) is 2.08. The maximum atomic E-state index is 12.3. The molecule has 2 rings (SSSR count). The van der Waals surface area contributed by atoms with Gasteiger partial charge in [0.05, 0.1) is 11.7 Å². The van der Waals surface area contributed by atoms with Crippen molar-refractivity contribution in [1.82, 2.24) is 9.97 Å². The fourth-order valence-corrected chi connectivity index (χ4v) is 1.62. The van der Waals surface area contributed by atoms with Crippen LogP contribution in [0.4, 0.5) is 13.2 Å². The third-order valence-electron chi connectivity index (χ3n) is 2.82. The van der Waals surface area contributed by atoms with E-state index in [4.69, 9.17) is 5.73 Å². The van der Waals surface area contributed by atoms with Crippen LogP contribution in [0.25, 0.3) is 0 Å². The predicted molar refractivity (Wildman–Crippen MR) is 47.9 cm³/mol. The monoisotopic (exact) mass is 219 g/mol. The van der Waals surface area contributed by atoms with Crippen LogP contribution in [0.3, 0.4) is 0 Å². The van der Waals surface area contributed by atoms with Crippen LogP contribution in [-0.4, -0.2) is 9.97 Å². The van der Waals surface area contributed by atoms with Crippen molar-refractivity contribution in [3.63, 3.8) is 0 Å². The van der Waals surface area contributed by atoms with E-state index in [0.717, 1.165) is 19.0 Å². The molecule has 0 radical (unpaired) electrons. The zero-order chi connectivity index (χ0) is 11.3. The molecule has 0 saturated heterocycles. The Morgan fingerprint density at radius 3 is 2.47 bits per heavy atom. The van der Waals surface area contributed by atoms with Crippen molar-refractivity contribution in [1.29, 1.82) is 0 Å². The summed E-state index contributed by atoms with van der Waals surface area (Å²) in [5, 5.41) is 0. The predicted octanol–water partition coefficient (Wildman–Crippen LogP) is 2.01. The van der Waals surface area contributed by atoms with Crippen LogP contribution >= 0.6 is 0 Å². The SMILES string of the molecule is CC(N)(c1ncc(C(F)(F)F)[nH]1)C1CC1. The molecule has 1 fully saturated rings. The first kappa shape index (κ1) is 10.5.